The third-order valence-electron chi connectivity index (χ3n) is 3.98. The van der Waals surface area contributed by atoms with E-state index < -0.39 is 0 Å². The van der Waals surface area contributed by atoms with E-state index in [-0.39, 0.29) is 5.60 Å². The van der Waals surface area contributed by atoms with Gasteiger partial charge < -0.3 is 10.5 Å². The normalized spacial score (nSPS) is 17.6. The summed E-state index contributed by atoms with van der Waals surface area (Å²) in [4.78, 5) is 0. The highest BCUT2D eigenvalue weighted by Gasteiger charge is 2.34. The lowest BCUT2D eigenvalue weighted by molar-refractivity contribution is -0.00804. The van der Waals surface area contributed by atoms with Gasteiger partial charge in [0.25, 0.3) is 0 Å². The van der Waals surface area contributed by atoms with Crippen molar-refractivity contribution in [3.05, 3.63) is 28.3 Å². The number of hydrogen-bond donors (Lipinski definition) is 1. The van der Waals surface area contributed by atoms with Gasteiger partial charge in [-0.05, 0) is 47.9 Å². The zero-order chi connectivity index (χ0) is 13.7. The SMILES string of the molecule is CC(C)c1cc2c(c(C(C)C)c1N)COC2(C)C. The predicted molar refractivity (Wildman–Crippen MR) is 76.8 cm³/mol. The molecule has 0 saturated heterocycles. The molecule has 0 saturated carbocycles. The number of nitrogens with two attached hydrogens (primary N) is 1. The second-order valence-electron chi connectivity index (χ2n) is 6.43. The molecule has 2 rings (SSSR count). The van der Waals surface area contributed by atoms with Gasteiger partial charge in [0.15, 0.2) is 0 Å². The summed E-state index contributed by atoms with van der Waals surface area (Å²) in [6.07, 6.45) is 0. The predicted octanol–water partition coefficient (Wildman–Crippen LogP) is 4.28. The van der Waals surface area contributed by atoms with E-state index in [1.807, 2.05) is 0 Å². The van der Waals surface area contributed by atoms with E-state index in [0.717, 1.165) is 5.69 Å². The zero-order valence-electron chi connectivity index (χ0n) is 12.4. The summed E-state index contributed by atoms with van der Waals surface area (Å²) in [6, 6.07) is 2.26. The molecule has 0 atom stereocenters. The maximum atomic E-state index is 6.39. The van der Waals surface area contributed by atoms with Gasteiger partial charge in [-0.3, -0.25) is 0 Å². The van der Waals surface area contributed by atoms with Crippen LogP contribution in [0.4, 0.5) is 5.69 Å². The highest BCUT2D eigenvalue weighted by Crippen LogP contribution is 2.44. The Hall–Kier alpha value is -1.02. The van der Waals surface area contributed by atoms with Crippen LogP contribution >= 0.6 is 0 Å². The van der Waals surface area contributed by atoms with Crippen LogP contribution in [0.2, 0.25) is 0 Å². The number of nitrogen functional groups attached to an aromatic ring is 1. The van der Waals surface area contributed by atoms with E-state index in [0.29, 0.717) is 18.4 Å². The number of benzene rings is 1. The molecule has 1 heterocycles. The van der Waals surface area contributed by atoms with Crippen molar-refractivity contribution in [1.29, 1.82) is 0 Å². The van der Waals surface area contributed by atoms with E-state index in [2.05, 4.69) is 47.6 Å². The average Bonchev–Trinajstić information content (AvgIpc) is 2.52. The van der Waals surface area contributed by atoms with Gasteiger partial charge in [-0.1, -0.05) is 33.8 Å². The summed E-state index contributed by atoms with van der Waals surface area (Å²) in [5, 5.41) is 0. The van der Waals surface area contributed by atoms with Gasteiger partial charge in [0.2, 0.25) is 0 Å². The van der Waals surface area contributed by atoms with Crippen molar-refractivity contribution < 1.29 is 4.74 Å². The Morgan fingerprint density at radius 3 is 2.28 bits per heavy atom. The van der Waals surface area contributed by atoms with Crippen molar-refractivity contribution in [3.8, 4) is 0 Å². The Balaban J connectivity index is 2.74. The van der Waals surface area contributed by atoms with Crippen molar-refractivity contribution >= 4 is 5.69 Å². The fourth-order valence-corrected chi connectivity index (χ4v) is 2.94. The highest BCUT2D eigenvalue weighted by molar-refractivity contribution is 5.63. The Bertz CT molecular complexity index is 472. The highest BCUT2D eigenvalue weighted by atomic mass is 16.5. The van der Waals surface area contributed by atoms with Gasteiger partial charge in [-0.2, -0.15) is 0 Å². The monoisotopic (exact) mass is 247 g/mol. The standard InChI is InChI=1S/C16H25NO/c1-9(2)11-7-13-12(8-18-16(13,5)6)14(10(3)4)15(11)17/h7,9-10H,8,17H2,1-6H3. The molecule has 2 N–H and O–H groups in total. The minimum Gasteiger partial charge on any atom is -0.398 e. The first-order valence-corrected chi connectivity index (χ1v) is 6.85. The van der Waals surface area contributed by atoms with Crippen LogP contribution in [0.3, 0.4) is 0 Å². The van der Waals surface area contributed by atoms with Gasteiger partial charge in [0.05, 0.1) is 12.2 Å². The van der Waals surface area contributed by atoms with Crippen molar-refractivity contribution in [3.63, 3.8) is 0 Å². The van der Waals surface area contributed by atoms with Crippen LogP contribution in [0.5, 0.6) is 0 Å². The topological polar surface area (TPSA) is 35.2 Å². The van der Waals surface area contributed by atoms with Crippen LogP contribution in [0, 0.1) is 0 Å². The fourth-order valence-electron chi connectivity index (χ4n) is 2.94. The maximum absolute atomic E-state index is 6.39. The Morgan fingerprint density at radius 2 is 1.78 bits per heavy atom. The first-order chi connectivity index (χ1) is 8.25. The average molecular weight is 247 g/mol. The van der Waals surface area contributed by atoms with Gasteiger partial charge in [0, 0.05) is 5.69 Å². The molecule has 0 aliphatic carbocycles. The molecule has 1 aromatic carbocycles. The molecule has 1 aliphatic heterocycles. The maximum Gasteiger partial charge on any atom is 0.0883 e. The van der Waals surface area contributed by atoms with E-state index in [9.17, 15) is 0 Å². The molecule has 0 bridgehead atoms. The quantitative estimate of drug-likeness (QED) is 0.792. The Labute approximate surface area is 111 Å². The lowest BCUT2D eigenvalue weighted by Gasteiger charge is -2.24. The Kier molecular flexibility index (Phi) is 3.18. The summed E-state index contributed by atoms with van der Waals surface area (Å²) in [5.74, 6) is 0.888. The summed E-state index contributed by atoms with van der Waals surface area (Å²) in [6.45, 7) is 13.8. The summed E-state index contributed by atoms with van der Waals surface area (Å²) < 4.78 is 5.94. The van der Waals surface area contributed by atoms with Crippen molar-refractivity contribution in [2.75, 3.05) is 5.73 Å². The summed E-state index contributed by atoms with van der Waals surface area (Å²) >= 11 is 0. The van der Waals surface area contributed by atoms with Gasteiger partial charge in [-0.15, -0.1) is 0 Å². The molecular weight excluding hydrogens is 222 g/mol. The molecule has 0 fully saturated rings. The number of hydrogen-bond acceptors (Lipinski definition) is 2. The molecule has 2 heteroatoms. The molecule has 100 valence electrons. The van der Waals surface area contributed by atoms with Gasteiger partial charge >= 0.3 is 0 Å². The lowest BCUT2D eigenvalue weighted by atomic mass is 9.83. The third kappa shape index (κ3) is 1.93. The van der Waals surface area contributed by atoms with Crippen LogP contribution < -0.4 is 5.73 Å². The number of fused-ring (bicyclic) bond motifs is 1. The first-order valence-electron chi connectivity index (χ1n) is 6.85. The van der Waals surface area contributed by atoms with Crippen LogP contribution in [-0.4, -0.2) is 0 Å². The molecule has 0 radical (unpaired) electrons. The summed E-state index contributed by atoms with van der Waals surface area (Å²) in [5.41, 5.74) is 12.4. The van der Waals surface area contributed by atoms with E-state index in [1.165, 1.54) is 22.3 Å². The third-order valence-corrected chi connectivity index (χ3v) is 3.98. The smallest absolute Gasteiger partial charge is 0.0883 e. The molecule has 0 spiro atoms. The van der Waals surface area contributed by atoms with Crippen molar-refractivity contribution in [2.45, 2.75) is 65.6 Å². The second kappa shape index (κ2) is 4.27. The molecule has 1 aromatic rings. The minimum absolute atomic E-state index is 0.184. The Morgan fingerprint density at radius 1 is 1.17 bits per heavy atom. The van der Waals surface area contributed by atoms with Gasteiger partial charge in [0.1, 0.15) is 0 Å². The molecule has 0 aromatic heterocycles. The molecule has 2 nitrogen and oxygen atoms in total. The van der Waals surface area contributed by atoms with Crippen LogP contribution in [0.15, 0.2) is 6.07 Å². The molecule has 0 amide bonds. The lowest BCUT2D eigenvalue weighted by Crippen LogP contribution is -2.16. The van der Waals surface area contributed by atoms with E-state index in [4.69, 9.17) is 10.5 Å². The van der Waals surface area contributed by atoms with E-state index >= 15 is 0 Å². The molecule has 0 unspecified atom stereocenters. The van der Waals surface area contributed by atoms with Gasteiger partial charge in [-0.25, -0.2) is 0 Å². The van der Waals surface area contributed by atoms with E-state index in [1.54, 1.807) is 0 Å². The molecule has 18 heavy (non-hydrogen) atoms. The number of anilines is 1. The molecular formula is C16H25NO. The number of ether oxygens (including phenoxy) is 1. The molecule has 1 aliphatic rings. The van der Waals surface area contributed by atoms with Crippen LogP contribution in [0.25, 0.3) is 0 Å². The second-order valence-corrected chi connectivity index (χ2v) is 6.43. The minimum atomic E-state index is -0.184. The van der Waals surface area contributed by atoms with Crippen molar-refractivity contribution in [1.82, 2.24) is 0 Å². The number of rotatable bonds is 2. The summed E-state index contributed by atoms with van der Waals surface area (Å²) in [7, 11) is 0. The van der Waals surface area contributed by atoms with Crippen LogP contribution in [-0.2, 0) is 16.9 Å². The zero-order valence-corrected chi connectivity index (χ0v) is 12.4. The largest absolute Gasteiger partial charge is 0.398 e. The first kappa shape index (κ1) is 13.4. The fraction of sp³-hybridized carbons (Fsp3) is 0.625. The van der Waals surface area contributed by atoms with Crippen molar-refractivity contribution in [2.24, 2.45) is 0 Å². The van der Waals surface area contributed by atoms with Crippen LogP contribution in [0.1, 0.15) is 75.6 Å².